The van der Waals surface area contributed by atoms with E-state index in [1.807, 2.05) is 0 Å². The van der Waals surface area contributed by atoms with E-state index in [4.69, 9.17) is 32.7 Å². The minimum atomic E-state index is -0.380. The van der Waals surface area contributed by atoms with Crippen LogP contribution in [0.4, 0.5) is 0 Å². The molecule has 1 aliphatic heterocycles. The van der Waals surface area contributed by atoms with E-state index in [2.05, 4.69) is 0 Å². The van der Waals surface area contributed by atoms with E-state index in [-0.39, 0.29) is 12.6 Å². The molecule has 2 rings (SSSR count). The van der Waals surface area contributed by atoms with Crippen LogP contribution in [0.5, 0.6) is 5.75 Å². The van der Waals surface area contributed by atoms with Gasteiger partial charge in [0.1, 0.15) is 12.4 Å². The van der Waals surface area contributed by atoms with Crippen LogP contribution in [-0.2, 0) is 9.53 Å². The number of ether oxygens (including phenoxy) is 2. The number of halogens is 2. The van der Waals surface area contributed by atoms with Crippen LogP contribution in [0.25, 0.3) is 6.08 Å². The van der Waals surface area contributed by atoms with E-state index >= 15 is 0 Å². The molecule has 0 unspecified atom stereocenters. The average Bonchev–Trinajstić information content (AvgIpc) is 2.28. The highest BCUT2D eigenvalue weighted by Crippen LogP contribution is 2.36. The monoisotopic (exact) mass is 272 g/mol. The normalized spacial score (nSPS) is 13.5. The second-order valence-corrected chi connectivity index (χ2v) is 4.33. The van der Waals surface area contributed by atoms with Crippen LogP contribution >= 0.6 is 23.2 Å². The van der Waals surface area contributed by atoms with Gasteiger partial charge in [-0.3, -0.25) is 0 Å². The number of hydrogen-bond acceptors (Lipinski definition) is 3. The Kier molecular flexibility index (Phi) is 3.60. The third-order valence-corrected chi connectivity index (χ3v) is 2.78. The summed E-state index contributed by atoms with van der Waals surface area (Å²) in [6, 6.07) is 3.30. The number of hydrogen-bond donors (Lipinski definition) is 0. The molecule has 1 aliphatic rings. The van der Waals surface area contributed by atoms with Gasteiger partial charge < -0.3 is 9.47 Å². The number of carbonyl (C=O) groups is 1. The molecule has 90 valence electrons. The fraction of sp³-hybridized carbons (Fsp3) is 0.250. The van der Waals surface area contributed by atoms with Gasteiger partial charge in [-0.1, -0.05) is 23.2 Å². The fourth-order valence-electron chi connectivity index (χ4n) is 1.56. The molecule has 0 amide bonds. The highest BCUT2D eigenvalue weighted by atomic mass is 35.5. The highest BCUT2D eigenvalue weighted by molar-refractivity contribution is 6.36. The predicted octanol–water partition coefficient (Wildman–Crippen LogP) is 3.33. The van der Waals surface area contributed by atoms with Crippen molar-refractivity contribution in [2.75, 3.05) is 13.2 Å². The van der Waals surface area contributed by atoms with E-state index in [1.54, 1.807) is 25.1 Å². The summed E-state index contributed by atoms with van der Waals surface area (Å²) in [6.45, 7) is 2.25. The molecule has 0 aliphatic carbocycles. The number of esters is 1. The first-order valence-electron chi connectivity index (χ1n) is 5.11. The van der Waals surface area contributed by atoms with Crippen LogP contribution in [0.1, 0.15) is 12.5 Å². The maximum absolute atomic E-state index is 11.5. The summed E-state index contributed by atoms with van der Waals surface area (Å²) in [6.07, 6.45) is 1.69. The van der Waals surface area contributed by atoms with Crippen LogP contribution in [0.15, 0.2) is 17.7 Å². The Morgan fingerprint density at radius 2 is 2.24 bits per heavy atom. The molecule has 0 saturated heterocycles. The van der Waals surface area contributed by atoms with E-state index in [0.717, 1.165) is 0 Å². The topological polar surface area (TPSA) is 35.5 Å². The summed E-state index contributed by atoms with van der Waals surface area (Å²) in [5.41, 5.74) is 1.15. The third-order valence-electron chi connectivity index (χ3n) is 2.28. The second kappa shape index (κ2) is 4.98. The van der Waals surface area contributed by atoms with Crippen LogP contribution in [0, 0.1) is 0 Å². The van der Waals surface area contributed by atoms with Crippen molar-refractivity contribution in [3.8, 4) is 5.75 Å². The summed E-state index contributed by atoms with van der Waals surface area (Å²) in [5, 5.41) is 0.936. The number of rotatable bonds is 2. The largest absolute Gasteiger partial charge is 0.486 e. The van der Waals surface area contributed by atoms with Crippen molar-refractivity contribution in [2.45, 2.75) is 6.92 Å². The van der Waals surface area contributed by atoms with Crippen molar-refractivity contribution in [3.05, 3.63) is 33.3 Å². The van der Waals surface area contributed by atoms with Crippen LogP contribution < -0.4 is 4.74 Å². The quantitative estimate of drug-likeness (QED) is 0.775. The first-order valence-corrected chi connectivity index (χ1v) is 5.87. The van der Waals surface area contributed by atoms with Gasteiger partial charge in [-0.25, -0.2) is 4.79 Å². The smallest absolute Gasteiger partial charge is 0.337 e. The summed E-state index contributed by atoms with van der Waals surface area (Å²) >= 11 is 11.9. The summed E-state index contributed by atoms with van der Waals surface area (Å²) in [7, 11) is 0. The SMILES string of the molecule is CCOC(=O)C1=Cc2cc(Cl)cc(Cl)c2OC1. The minimum absolute atomic E-state index is 0.160. The maximum Gasteiger partial charge on any atom is 0.337 e. The average molecular weight is 273 g/mol. The van der Waals surface area contributed by atoms with Crippen molar-refractivity contribution >= 4 is 35.2 Å². The summed E-state index contributed by atoms with van der Waals surface area (Å²) < 4.78 is 10.3. The second-order valence-electron chi connectivity index (χ2n) is 3.48. The third kappa shape index (κ3) is 2.56. The first kappa shape index (κ1) is 12.3. The Bertz CT molecular complexity index is 495. The van der Waals surface area contributed by atoms with Gasteiger partial charge in [-0.15, -0.1) is 0 Å². The highest BCUT2D eigenvalue weighted by Gasteiger charge is 2.20. The fourth-order valence-corrected chi connectivity index (χ4v) is 2.12. The molecular formula is C12H10Cl2O3. The van der Waals surface area contributed by atoms with Gasteiger partial charge >= 0.3 is 5.97 Å². The first-order chi connectivity index (χ1) is 8.11. The molecule has 17 heavy (non-hydrogen) atoms. The van der Waals surface area contributed by atoms with E-state index < -0.39 is 0 Å². The summed E-state index contributed by atoms with van der Waals surface area (Å²) in [4.78, 5) is 11.5. The molecule has 5 heteroatoms. The maximum atomic E-state index is 11.5. The predicted molar refractivity (Wildman–Crippen MR) is 66.6 cm³/mol. The van der Waals surface area contributed by atoms with Gasteiger partial charge in [0.15, 0.2) is 0 Å². The van der Waals surface area contributed by atoms with Crippen molar-refractivity contribution in [2.24, 2.45) is 0 Å². The molecule has 1 aromatic carbocycles. The number of fused-ring (bicyclic) bond motifs is 1. The van der Waals surface area contributed by atoms with Crippen LogP contribution in [0.3, 0.4) is 0 Å². The lowest BCUT2D eigenvalue weighted by Gasteiger charge is -2.18. The van der Waals surface area contributed by atoms with E-state index in [9.17, 15) is 4.79 Å². The van der Waals surface area contributed by atoms with Crippen molar-refractivity contribution < 1.29 is 14.3 Å². The van der Waals surface area contributed by atoms with Crippen LogP contribution in [0.2, 0.25) is 10.0 Å². The zero-order valence-electron chi connectivity index (χ0n) is 9.13. The molecule has 0 aromatic heterocycles. The molecule has 0 radical (unpaired) electrons. The van der Waals surface area contributed by atoms with Gasteiger partial charge in [0, 0.05) is 10.6 Å². The Morgan fingerprint density at radius 3 is 2.94 bits per heavy atom. The Hall–Kier alpha value is -1.19. The molecular weight excluding hydrogens is 263 g/mol. The molecule has 1 heterocycles. The van der Waals surface area contributed by atoms with Gasteiger partial charge in [0.2, 0.25) is 0 Å². The van der Waals surface area contributed by atoms with Crippen molar-refractivity contribution in [1.29, 1.82) is 0 Å². The van der Waals surface area contributed by atoms with Crippen LogP contribution in [-0.4, -0.2) is 19.2 Å². The Balaban J connectivity index is 2.37. The molecule has 0 N–H and O–H groups in total. The lowest BCUT2D eigenvalue weighted by Crippen LogP contribution is -2.17. The Morgan fingerprint density at radius 1 is 1.47 bits per heavy atom. The standard InChI is InChI=1S/C12H10Cl2O3/c1-2-16-12(15)8-3-7-4-9(13)5-10(14)11(7)17-6-8/h3-5H,2,6H2,1H3. The molecule has 0 atom stereocenters. The zero-order chi connectivity index (χ0) is 12.4. The lowest BCUT2D eigenvalue weighted by molar-refractivity contribution is -0.138. The molecule has 0 spiro atoms. The lowest BCUT2D eigenvalue weighted by atomic mass is 10.1. The van der Waals surface area contributed by atoms with Crippen molar-refractivity contribution in [1.82, 2.24) is 0 Å². The number of carbonyl (C=O) groups excluding carboxylic acids is 1. The van der Waals surface area contributed by atoms with Gasteiger partial charge in [0.05, 0.1) is 17.2 Å². The summed E-state index contributed by atoms with van der Waals surface area (Å²) in [5.74, 6) is 0.165. The Labute approximate surface area is 109 Å². The number of benzene rings is 1. The minimum Gasteiger partial charge on any atom is -0.486 e. The van der Waals surface area contributed by atoms with Crippen molar-refractivity contribution in [3.63, 3.8) is 0 Å². The molecule has 0 saturated carbocycles. The molecule has 1 aromatic rings. The molecule has 0 fully saturated rings. The van der Waals surface area contributed by atoms with Gasteiger partial charge in [-0.2, -0.15) is 0 Å². The molecule has 0 bridgehead atoms. The van der Waals surface area contributed by atoms with E-state index in [0.29, 0.717) is 33.5 Å². The van der Waals surface area contributed by atoms with Gasteiger partial charge in [-0.05, 0) is 25.1 Å². The molecule has 3 nitrogen and oxygen atoms in total. The van der Waals surface area contributed by atoms with E-state index in [1.165, 1.54) is 0 Å². The zero-order valence-corrected chi connectivity index (χ0v) is 10.6. The van der Waals surface area contributed by atoms with Gasteiger partial charge in [0.25, 0.3) is 0 Å².